The third-order valence-corrected chi connectivity index (χ3v) is 2.64. The Hall–Kier alpha value is -1.02. The van der Waals surface area contributed by atoms with Crippen molar-refractivity contribution in [2.45, 2.75) is 25.9 Å². The van der Waals surface area contributed by atoms with Gasteiger partial charge in [-0.25, -0.2) is 0 Å². The van der Waals surface area contributed by atoms with Gasteiger partial charge in [-0.05, 0) is 37.9 Å². The molecule has 0 bridgehead atoms. The minimum Gasteiger partial charge on any atom is -0.489 e. The zero-order valence-electron chi connectivity index (χ0n) is 8.62. The van der Waals surface area contributed by atoms with Gasteiger partial charge in [0.25, 0.3) is 0 Å². The summed E-state index contributed by atoms with van der Waals surface area (Å²) in [6.45, 7) is 4.20. The first-order chi connectivity index (χ1) is 6.86. The average molecular weight is 191 g/mol. The summed E-state index contributed by atoms with van der Waals surface area (Å²) in [5, 5.41) is 3.35. The van der Waals surface area contributed by atoms with Crippen LogP contribution in [0.4, 0.5) is 0 Å². The quantitative estimate of drug-likeness (QED) is 0.773. The van der Waals surface area contributed by atoms with Crippen LogP contribution in [0.25, 0.3) is 0 Å². The molecule has 0 aromatic heterocycles. The maximum Gasteiger partial charge on any atom is 0.122 e. The summed E-state index contributed by atoms with van der Waals surface area (Å²) in [4.78, 5) is 0. The summed E-state index contributed by atoms with van der Waals surface area (Å²) in [5.74, 6) is 1.03. The number of hydrogen-bond donors (Lipinski definition) is 1. The van der Waals surface area contributed by atoms with Gasteiger partial charge in [0, 0.05) is 6.54 Å². The van der Waals surface area contributed by atoms with Gasteiger partial charge in [0.05, 0.1) is 0 Å². The summed E-state index contributed by atoms with van der Waals surface area (Å²) in [6, 6.07) is 8.20. The van der Waals surface area contributed by atoms with E-state index in [0.29, 0.717) is 6.10 Å². The minimum atomic E-state index is 0.352. The number of piperidine rings is 1. The molecule has 1 atom stereocenters. The van der Waals surface area contributed by atoms with Crippen molar-refractivity contribution < 1.29 is 4.74 Å². The molecule has 1 aromatic rings. The van der Waals surface area contributed by atoms with E-state index in [2.05, 4.69) is 18.3 Å². The minimum absolute atomic E-state index is 0.352. The molecule has 1 N–H and O–H groups in total. The van der Waals surface area contributed by atoms with E-state index in [9.17, 15) is 0 Å². The van der Waals surface area contributed by atoms with Crippen LogP contribution in [0.5, 0.6) is 5.75 Å². The number of para-hydroxylation sites is 1. The van der Waals surface area contributed by atoms with Gasteiger partial charge < -0.3 is 10.1 Å². The van der Waals surface area contributed by atoms with E-state index in [1.807, 2.05) is 18.2 Å². The van der Waals surface area contributed by atoms with Crippen LogP contribution < -0.4 is 10.1 Å². The van der Waals surface area contributed by atoms with Gasteiger partial charge in [0.2, 0.25) is 0 Å². The summed E-state index contributed by atoms with van der Waals surface area (Å²) in [6.07, 6.45) is 2.74. The van der Waals surface area contributed by atoms with Gasteiger partial charge in [-0.3, -0.25) is 0 Å². The summed E-state index contributed by atoms with van der Waals surface area (Å²) < 4.78 is 5.92. The molecule has 14 heavy (non-hydrogen) atoms. The maximum atomic E-state index is 5.92. The lowest BCUT2D eigenvalue weighted by Gasteiger charge is -2.24. The van der Waals surface area contributed by atoms with Gasteiger partial charge in [-0.15, -0.1) is 0 Å². The van der Waals surface area contributed by atoms with Gasteiger partial charge >= 0.3 is 0 Å². The third-order valence-electron chi connectivity index (χ3n) is 2.64. The van der Waals surface area contributed by atoms with E-state index in [1.54, 1.807) is 0 Å². The first-order valence-electron chi connectivity index (χ1n) is 5.29. The Morgan fingerprint density at radius 3 is 2.93 bits per heavy atom. The molecule has 2 rings (SSSR count). The van der Waals surface area contributed by atoms with Crippen LogP contribution in [-0.2, 0) is 0 Å². The predicted octanol–water partition coefficient (Wildman–Crippen LogP) is 2.13. The molecule has 1 aliphatic rings. The Kier molecular flexibility index (Phi) is 3.04. The Morgan fingerprint density at radius 1 is 1.36 bits per heavy atom. The molecular formula is C12H17NO. The van der Waals surface area contributed by atoms with Crippen LogP contribution in [-0.4, -0.2) is 19.2 Å². The summed E-state index contributed by atoms with van der Waals surface area (Å²) in [5.41, 5.74) is 1.22. The Morgan fingerprint density at radius 2 is 2.21 bits per heavy atom. The Labute approximate surface area is 85.3 Å². The predicted molar refractivity (Wildman–Crippen MR) is 57.7 cm³/mol. The number of rotatable bonds is 2. The van der Waals surface area contributed by atoms with E-state index in [4.69, 9.17) is 4.74 Å². The second-order valence-corrected chi connectivity index (χ2v) is 3.85. The smallest absolute Gasteiger partial charge is 0.122 e. The molecule has 1 aromatic carbocycles. The largest absolute Gasteiger partial charge is 0.489 e. The highest BCUT2D eigenvalue weighted by molar-refractivity contribution is 5.31. The molecule has 0 saturated carbocycles. The van der Waals surface area contributed by atoms with E-state index in [1.165, 1.54) is 18.4 Å². The van der Waals surface area contributed by atoms with E-state index in [-0.39, 0.29) is 0 Å². The number of nitrogens with one attached hydrogen (secondary N) is 1. The van der Waals surface area contributed by atoms with Crippen molar-refractivity contribution in [3.8, 4) is 5.75 Å². The van der Waals surface area contributed by atoms with Crippen molar-refractivity contribution in [1.82, 2.24) is 5.32 Å². The average Bonchev–Trinajstić information content (AvgIpc) is 2.23. The second kappa shape index (κ2) is 4.47. The van der Waals surface area contributed by atoms with Crippen molar-refractivity contribution in [2.75, 3.05) is 13.1 Å². The standard InChI is InChI=1S/C12H17NO/c1-10-5-2-3-7-12(10)14-11-6-4-8-13-9-11/h2-3,5,7,11,13H,4,6,8-9H2,1H3/t11-/m0/s1. The van der Waals surface area contributed by atoms with Crippen LogP contribution in [0.3, 0.4) is 0 Å². The first kappa shape index (κ1) is 9.53. The van der Waals surface area contributed by atoms with Gasteiger partial charge in [0.15, 0.2) is 0 Å². The maximum absolute atomic E-state index is 5.92. The molecule has 2 heteroatoms. The highest BCUT2D eigenvalue weighted by Crippen LogP contribution is 2.19. The highest BCUT2D eigenvalue weighted by atomic mass is 16.5. The second-order valence-electron chi connectivity index (χ2n) is 3.85. The van der Waals surface area contributed by atoms with Crippen LogP contribution in [0.15, 0.2) is 24.3 Å². The van der Waals surface area contributed by atoms with Crippen molar-refractivity contribution in [3.63, 3.8) is 0 Å². The van der Waals surface area contributed by atoms with Crippen LogP contribution in [0, 0.1) is 6.92 Å². The molecule has 1 aliphatic heterocycles. The van der Waals surface area contributed by atoms with Crippen molar-refractivity contribution in [3.05, 3.63) is 29.8 Å². The lowest BCUT2D eigenvalue weighted by atomic mass is 10.1. The zero-order chi connectivity index (χ0) is 9.80. The molecule has 1 fully saturated rings. The molecule has 0 amide bonds. The molecule has 1 saturated heterocycles. The Balaban J connectivity index is 1.99. The SMILES string of the molecule is Cc1ccccc1O[C@H]1CCCNC1. The van der Waals surface area contributed by atoms with E-state index in [0.717, 1.165) is 18.8 Å². The van der Waals surface area contributed by atoms with Crippen molar-refractivity contribution in [1.29, 1.82) is 0 Å². The normalized spacial score (nSPS) is 21.9. The fourth-order valence-corrected chi connectivity index (χ4v) is 1.79. The molecule has 1 heterocycles. The molecular weight excluding hydrogens is 174 g/mol. The number of aryl methyl sites for hydroxylation is 1. The van der Waals surface area contributed by atoms with Crippen LogP contribution in [0.1, 0.15) is 18.4 Å². The number of ether oxygens (including phenoxy) is 1. The number of benzene rings is 1. The van der Waals surface area contributed by atoms with E-state index < -0.39 is 0 Å². The van der Waals surface area contributed by atoms with Crippen molar-refractivity contribution >= 4 is 0 Å². The van der Waals surface area contributed by atoms with Crippen LogP contribution in [0.2, 0.25) is 0 Å². The van der Waals surface area contributed by atoms with Gasteiger partial charge in [0.1, 0.15) is 11.9 Å². The highest BCUT2D eigenvalue weighted by Gasteiger charge is 2.14. The Bertz CT molecular complexity index is 292. The molecule has 0 aliphatic carbocycles. The molecule has 2 nitrogen and oxygen atoms in total. The fraction of sp³-hybridized carbons (Fsp3) is 0.500. The van der Waals surface area contributed by atoms with Crippen molar-refractivity contribution in [2.24, 2.45) is 0 Å². The fourth-order valence-electron chi connectivity index (χ4n) is 1.79. The van der Waals surface area contributed by atoms with Crippen LogP contribution >= 0.6 is 0 Å². The number of hydrogen-bond acceptors (Lipinski definition) is 2. The zero-order valence-corrected chi connectivity index (χ0v) is 8.62. The monoisotopic (exact) mass is 191 g/mol. The third kappa shape index (κ3) is 2.26. The topological polar surface area (TPSA) is 21.3 Å². The van der Waals surface area contributed by atoms with Gasteiger partial charge in [-0.1, -0.05) is 18.2 Å². The summed E-state index contributed by atoms with van der Waals surface area (Å²) in [7, 11) is 0. The van der Waals surface area contributed by atoms with E-state index >= 15 is 0 Å². The molecule has 0 radical (unpaired) electrons. The molecule has 76 valence electrons. The molecule has 0 spiro atoms. The summed E-state index contributed by atoms with van der Waals surface area (Å²) >= 11 is 0. The first-order valence-corrected chi connectivity index (χ1v) is 5.29. The lowest BCUT2D eigenvalue weighted by molar-refractivity contribution is 0.166. The van der Waals surface area contributed by atoms with Gasteiger partial charge in [-0.2, -0.15) is 0 Å². The molecule has 0 unspecified atom stereocenters. The lowest BCUT2D eigenvalue weighted by Crippen LogP contribution is -2.37.